The lowest BCUT2D eigenvalue weighted by atomic mass is 10.1. The SMILES string of the molecule is CC[C@@H](C)NC(=O)[C@@H](CC)N(Cc1ccccc1Cl)C(=O)CN(c1cc(C)ccc1OC)S(C)(=O)=O. The highest BCUT2D eigenvalue weighted by Gasteiger charge is 2.33. The Morgan fingerprint density at radius 1 is 1.11 bits per heavy atom. The van der Waals surface area contributed by atoms with Crippen molar-refractivity contribution in [1.82, 2.24) is 10.2 Å². The first-order valence-electron chi connectivity index (χ1n) is 11.9. The summed E-state index contributed by atoms with van der Waals surface area (Å²) in [4.78, 5) is 28.4. The van der Waals surface area contributed by atoms with Crippen LogP contribution in [0, 0.1) is 6.92 Å². The van der Waals surface area contributed by atoms with Crippen LogP contribution in [0.3, 0.4) is 0 Å². The number of ether oxygens (including phenoxy) is 1. The van der Waals surface area contributed by atoms with Gasteiger partial charge in [0.2, 0.25) is 21.8 Å². The number of sulfonamides is 1. The molecule has 8 nitrogen and oxygen atoms in total. The van der Waals surface area contributed by atoms with Crippen LogP contribution >= 0.6 is 11.6 Å². The van der Waals surface area contributed by atoms with Crippen molar-refractivity contribution in [3.05, 3.63) is 58.6 Å². The van der Waals surface area contributed by atoms with Crippen LogP contribution in [0.2, 0.25) is 5.02 Å². The smallest absolute Gasteiger partial charge is 0.244 e. The number of nitrogens with zero attached hydrogens (tertiary/aromatic N) is 2. The lowest BCUT2D eigenvalue weighted by Crippen LogP contribution is -2.53. The third kappa shape index (κ3) is 7.61. The van der Waals surface area contributed by atoms with Gasteiger partial charge in [0, 0.05) is 17.6 Å². The van der Waals surface area contributed by atoms with Crippen molar-refractivity contribution >= 4 is 39.1 Å². The number of hydrogen-bond donors (Lipinski definition) is 1. The molecule has 0 saturated heterocycles. The first kappa shape index (κ1) is 29.5. The van der Waals surface area contributed by atoms with E-state index in [1.165, 1.54) is 12.0 Å². The van der Waals surface area contributed by atoms with Gasteiger partial charge < -0.3 is 15.0 Å². The van der Waals surface area contributed by atoms with Gasteiger partial charge in [-0.25, -0.2) is 8.42 Å². The minimum Gasteiger partial charge on any atom is -0.495 e. The van der Waals surface area contributed by atoms with Crippen molar-refractivity contribution in [2.24, 2.45) is 0 Å². The summed E-state index contributed by atoms with van der Waals surface area (Å²) in [5.74, 6) is -0.514. The molecule has 2 atom stereocenters. The van der Waals surface area contributed by atoms with Crippen LogP contribution in [0.25, 0.3) is 0 Å². The van der Waals surface area contributed by atoms with Crippen LogP contribution < -0.4 is 14.4 Å². The number of rotatable bonds is 12. The van der Waals surface area contributed by atoms with E-state index in [-0.39, 0.29) is 24.2 Å². The summed E-state index contributed by atoms with van der Waals surface area (Å²) in [6, 6.07) is 11.3. The molecule has 10 heteroatoms. The minimum absolute atomic E-state index is 0.0491. The Labute approximate surface area is 219 Å². The first-order chi connectivity index (χ1) is 16.9. The van der Waals surface area contributed by atoms with Gasteiger partial charge in [0.05, 0.1) is 19.1 Å². The van der Waals surface area contributed by atoms with Gasteiger partial charge >= 0.3 is 0 Å². The molecule has 0 bridgehead atoms. The number of halogens is 1. The van der Waals surface area contributed by atoms with E-state index < -0.39 is 28.5 Å². The minimum atomic E-state index is -3.87. The lowest BCUT2D eigenvalue weighted by Gasteiger charge is -2.33. The first-order valence-corrected chi connectivity index (χ1v) is 14.1. The molecule has 2 amide bonds. The molecule has 36 heavy (non-hydrogen) atoms. The van der Waals surface area contributed by atoms with Gasteiger partial charge in [-0.2, -0.15) is 0 Å². The van der Waals surface area contributed by atoms with Crippen molar-refractivity contribution in [2.45, 2.75) is 59.2 Å². The van der Waals surface area contributed by atoms with E-state index in [0.717, 1.165) is 22.5 Å². The second kappa shape index (κ2) is 13.0. The summed E-state index contributed by atoms with van der Waals surface area (Å²) >= 11 is 6.38. The quantitative estimate of drug-likeness (QED) is 0.439. The molecule has 0 fully saturated rings. The van der Waals surface area contributed by atoms with E-state index in [2.05, 4.69) is 5.32 Å². The standard InChI is InChI=1S/C26H36ClN3O5S/c1-7-19(4)28-26(32)22(8-2)29(16-20-11-9-10-12-21(20)27)25(31)17-30(36(6,33)34)23-15-18(3)13-14-24(23)35-5/h9-15,19,22H,7-8,16-17H2,1-6H3,(H,28,32)/t19-,22-/m1/s1. The molecule has 1 N–H and O–H groups in total. The van der Waals surface area contributed by atoms with E-state index in [1.54, 1.807) is 42.5 Å². The molecular formula is C26H36ClN3O5S. The van der Waals surface area contributed by atoms with Crippen LogP contribution in [0.5, 0.6) is 5.75 Å². The molecule has 2 aromatic rings. The fourth-order valence-corrected chi connectivity index (χ4v) is 4.80. The maximum Gasteiger partial charge on any atom is 0.244 e. The Morgan fingerprint density at radius 3 is 2.33 bits per heavy atom. The molecule has 0 saturated carbocycles. The van der Waals surface area contributed by atoms with E-state index in [9.17, 15) is 18.0 Å². The van der Waals surface area contributed by atoms with E-state index in [0.29, 0.717) is 22.8 Å². The highest BCUT2D eigenvalue weighted by Crippen LogP contribution is 2.31. The zero-order valence-electron chi connectivity index (χ0n) is 21.7. The molecule has 0 unspecified atom stereocenters. The van der Waals surface area contributed by atoms with Crippen molar-refractivity contribution in [3.63, 3.8) is 0 Å². The molecule has 0 radical (unpaired) electrons. The Morgan fingerprint density at radius 2 is 1.78 bits per heavy atom. The fraction of sp³-hybridized carbons (Fsp3) is 0.462. The summed E-state index contributed by atoms with van der Waals surface area (Å²) in [6.07, 6.45) is 2.11. The average molecular weight is 538 g/mol. The molecular weight excluding hydrogens is 502 g/mol. The van der Waals surface area contributed by atoms with Crippen molar-refractivity contribution in [1.29, 1.82) is 0 Å². The number of nitrogens with one attached hydrogen (secondary N) is 1. The number of carbonyl (C=O) groups is 2. The topological polar surface area (TPSA) is 96.0 Å². The average Bonchev–Trinajstić information content (AvgIpc) is 2.82. The van der Waals surface area contributed by atoms with Crippen LogP contribution in [0.15, 0.2) is 42.5 Å². The zero-order valence-corrected chi connectivity index (χ0v) is 23.3. The summed E-state index contributed by atoms with van der Waals surface area (Å²) in [7, 11) is -2.44. The second-order valence-electron chi connectivity index (χ2n) is 8.80. The van der Waals surface area contributed by atoms with E-state index >= 15 is 0 Å². The molecule has 198 valence electrons. The third-order valence-corrected chi connectivity index (χ3v) is 7.46. The molecule has 2 rings (SSSR count). The number of carbonyl (C=O) groups excluding carboxylic acids is 2. The van der Waals surface area contributed by atoms with Gasteiger partial charge in [0.1, 0.15) is 18.3 Å². The monoisotopic (exact) mass is 537 g/mol. The Bertz CT molecular complexity index is 1170. The fourth-order valence-electron chi connectivity index (χ4n) is 3.76. The molecule has 2 aromatic carbocycles. The lowest BCUT2D eigenvalue weighted by molar-refractivity contribution is -0.140. The highest BCUT2D eigenvalue weighted by molar-refractivity contribution is 7.92. The summed E-state index contributed by atoms with van der Waals surface area (Å²) in [5, 5.41) is 3.39. The van der Waals surface area contributed by atoms with Gasteiger partial charge in [-0.1, -0.05) is 49.7 Å². The van der Waals surface area contributed by atoms with Crippen molar-refractivity contribution in [3.8, 4) is 5.75 Å². The van der Waals surface area contributed by atoms with E-state index in [4.69, 9.17) is 16.3 Å². The molecule has 0 spiro atoms. The summed E-state index contributed by atoms with van der Waals surface area (Å²) in [5.41, 5.74) is 1.71. The number of methoxy groups -OCH3 is 1. The maximum absolute atomic E-state index is 13.8. The third-order valence-electron chi connectivity index (χ3n) is 5.97. The number of benzene rings is 2. The normalized spacial score (nSPS) is 13.0. The van der Waals surface area contributed by atoms with Crippen LogP contribution in [0.4, 0.5) is 5.69 Å². The van der Waals surface area contributed by atoms with Gasteiger partial charge in [-0.15, -0.1) is 0 Å². The van der Waals surface area contributed by atoms with E-state index in [1.807, 2.05) is 27.7 Å². The summed E-state index contributed by atoms with van der Waals surface area (Å²) in [6.45, 7) is 7.02. The van der Waals surface area contributed by atoms with Crippen molar-refractivity contribution in [2.75, 3.05) is 24.2 Å². The molecule has 0 aliphatic rings. The molecule has 0 aliphatic heterocycles. The summed E-state index contributed by atoms with van der Waals surface area (Å²) < 4.78 is 32.1. The maximum atomic E-state index is 13.8. The number of hydrogen-bond acceptors (Lipinski definition) is 5. The van der Waals surface area contributed by atoms with Gasteiger partial charge in [0.25, 0.3) is 0 Å². The van der Waals surface area contributed by atoms with Crippen LogP contribution in [0.1, 0.15) is 44.7 Å². The molecule has 0 aliphatic carbocycles. The highest BCUT2D eigenvalue weighted by atomic mass is 35.5. The van der Waals surface area contributed by atoms with Gasteiger partial charge in [-0.3, -0.25) is 13.9 Å². The Balaban J connectivity index is 2.53. The Kier molecular flexibility index (Phi) is 10.6. The van der Waals surface area contributed by atoms with Crippen molar-refractivity contribution < 1.29 is 22.7 Å². The number of amides is 2. The predicted molar refractivity (Wildman–Crippen MR) is 144 cm³/mol. The molecule has 0 aromatic heterocycles. The van der Waals surface area contributed by atoms with Gasteiger partial charge in [-0.05, 0) is 56.0 Å². The predicted octanol–water partition coefficient (Wildman–Crippen LogP) is 4.15. The zero-order chi connectivity index (χ0) is 27.0. The van der Waals surface area contributed by atoms with Crippen LogP contribution in [-0.4, -0.2) is 57.1 Å². The molecule has 0 heterocycles. The number of anilines is 1. The number of aryl methyl sites for hydroxylation is 1. The Hall–Kier alpha value is -2.78. The van der Waals surface area contributed by atoms with Crippen LogP contribution in [-0.2, 0) is 26.2 Å². The largest absolute Gasteiger partial charge is 0.495 e. The second-order valence-corrected chi connectivity index (χ2v) is 11.1. The van der Waals surface area contributed by atoms with Gasteiger partial charge in [0.15, 0.2) is 0 Å².